The summed E-state index contributed by atoms with van der Waals surface area (Å²) in [5.41, 5.74) is 1.34. The molecular formula is C18H28N4OS. The number of rotatable bonds is 3. The summed E-state index contributed by atoms with van der Waals surface area (Å²) in [6.07, 6.45) is 8.44. The van der Waals surface area contributed by atoms with Crippen LogP contribution < -0.4 is 10.6 Å². The van der Waals surface area contributed by atoms with E-state index in [0.717, 1.165) is 38.3 Å². The maximum absolute atomic E-state index is 11.8. The second-order valence-electron chi connectivity index (χ2n) is 7.39. The minimum Gasteiger partial charge on any atom is -0.359 e. The number of carbonyl (C=O) groups excluding carboxylic acids is 1. The van der Waals surface area contributed by atoms with E-state index in [1.807, 2.05) is 11.3 Å². The first-order valence-corrected chi connectivity index (χ1v) is 10.2. The van der Waals surface area contributed by atoms with E-state index in [1.54, 1.807) is 7.05 Å². The van der Waals surface area contributed by atoms with Crippen LogP contribution in [0.2, 0.25) is 0 Å². The smallest absolute Gasteiger partial charge is 0.224 e. The van der Waals surface area contributed by atoms with Crippen molar-refractivity contribution in [1.29, 1.82) is 0 Å². The first-order chi connectivity index (χ1) is 11.7. The van der Waals surface area contributed by atoms with Crippen molar-refractivity contribution in [2.45, 2.75) is 57.0 Å². The van der Waals surface area contributed by atoms with Crippen molar-refractivity contribution in [3.63, 3.8) is 0 Å². The van der Waals surface area contributed by atoms with Gasteiger partial charge in [-0.05, 0) is 32.1 Å². The molecule has 0 aromatic carbocycles. The van der Waals surface area contributed by atoms with Crippen LogP contribution in [-0.4, -0.2) is 48.5 Å². The fourth-order valence-corrected chi connectivity index (χ4v) is 5.37. The van der Waals surface area contributed by atoms with Crippen LogP contribution in [0.3, 0.4) is 0 Å². The number of hydrogen-bond acceptors (Lipinski definition) is 5. The highest BCUT2D eigenvalue weighted by Gasteiger charge is 2.30. The summed E-state index contributed by atoms with van der Waals surface area (Å²) in [5.74, 6) is 0.270. The number of hydrogen-bond donors (Lipinski definition) is 2. The Labute approximate surface area is 148 Å². The Morgan fingerprint density at radius 2 is 2.08 bits per heavy atom. The van der Waals surface area contributed by atoms with Crippen LogP contribution in [0.1, 0.15) is 53.7 Å². The molecular weight excluding hydrogens is 320 g/mol. The fourth-order valence-electron chi connectivity index (χ4n) is 4.16. The quantitative estimate of drug-likeness (QED) is 0.876. The lowest BCUT2D eigenvalue weighted by Gasteiger charge is -2.36. The van der Waals surface area contributed by atoms with E-state index >= 15 is 0 Å². The second-order valence-corrected chi connectivity index (χ2v) is 8.51. The van der Waals surface area contributed by atoms with E-state index in [-0.39, 0.29) is 11.8 Å². The number of piperidine rings is 1. The average molecular weight is 349 g/mol. The Kier molecular flexibility index (Phi) is 4.88. The Morgan fingerprint density at radius 3 is 2.75 bits per heavy atom. The Hall–Kier alpha value is -0.980. The molecule has 24 heavy (non-hydrogen) atoms. The molecule has 2 aliphatic heterocycles. The van der Waals surface area contributed by atoms with Crippen molar-refractivity contribution in [3.8, 4) is 0 Å². The van der Waals surface area contributed by atoms with Crippen LogP contribution in [0.4, 0.5) is 0 Å². The molecule has 2 fully saturated rings. The average Bonchev–Trinajstić information content (AvgIpc) is 2.89. The van der Waals surface area contributed by atoms with Gasteiger partial charge in [0.1, 0.15) is 5.01 Å². The third kappa shape index (κ3) is 3.24. The highest BCUT2D eigenvalue weighted by molar-refractivity contribution is 7.11. The van der Waals surface area contributed by atoms with Crippen LogP contribution >= 0.6 is 11.3 Å². The van der Waals surface area contributed by atoms with E-state index in [4.69, 9.17) is 4.98 Å². The Morgan fingerprint density at radius 1 is 1.25 bits per heavy atom. The summed E-state index contributed by atoms with van der Waals surface area (Å²) >= 11 is 1.91. The summed E-state index contributed by atoms with van der Waals surface area (Å²) in [4.78, 5) is 20.9. The molecule has 1 amide bonds. The van der Waals surface area contributed by atoms with Gasteiger partial charge in [-0.3, -0.25) is 9.69 Å². The highest BCUT2D eigenvalue weighted by Crippen LogP contribution is 2.33. The number of fused-ring (bicyclic) bond motifs is 1. The molecule has 1 saturated heterocycles. The van der Waals surface area contributed by atoms with Crippen molar-refractivity contribution in [3.05, 3.63) is 15.6 Å². The number of aromatic nitrogens is 1. The molecule has 3 heterocycles. The zero-order valence-electron chi connectivity index (χ0n) is 14.5. The molecule has 2 N–H and O–H groups in total. The highest BCUT2D eigenvalue weighted by atomic mass is 32.1. The monoisotopic (exact) mass is 348 g/mol. The number of amides is 1. The minimum absolute atomic E-state index is 0.111. The zero-order chi connectivity index (χ0) is 16.5. The van der Waals surface area contributed by atoms with Crippen LogP contribution in [0.5, 0.6) is 0 Å². The maximum Gasteiger partial charge on any atom is 0.224 e. The van der Waals surface area contributed by atoms with E-state index in [0.29, 0.717) is 6.04 Å². The lowest BCUT2D eigenvalue weighted by atomic mass is 9.91. The predicted molar refractivity (Wildman–Crippen MR) is 96.3 cm³/mol. The third-order valence-electron chi connectivity index (χ3n) is 5.98. The number of nitrogens with zero attached hydrogens (tertiary/aromatic N) is 2. The minimum atomic E-state index is 0.111. The third-order valence-corrected chi connectivity index (χ3v) is 7.25. The molecule has 5 nitrogen and oxygen atoms in total. The summed E-state index contributed by atoms with van der Waals surface area (Å²) in [6.45, 7) is 3.15. The van der Waals surface area contributed by atoms with Gasteiger partial charge in [0.25, 0.3) is 0 Å². The van der Waals surface area contributed by atoms with Gasteiger partial charge in [-0.2, -0.15) is 0 Å². The van der Waals surface area contributed by atoms with E-state index in [2.05, 4.69) is 15.5 Å². The molecule has 2 unspecified atom stereocenters. The molecule has 4 rings (SSSR count). The maximum atomic E-state index is 11.8. The summed E-state index contributed by atoms with van der Waals surface area (Å²) in [7, 11) is 1.72. The SMILES string of the molecule is CNC(=O)C1CCC(c2nc3c(s2)CCN(C2CCC2)CC3)NC1. The molecule has 0 bridgehead atoms. The summed E-state index contributed by atoms with van der Waals surface area (Å²) < 4.78 is 0. The first kappa shape index (κ1) is 16.5. The van der Waals surface area contributed by atoms with Crippen LogP contribution in [0.15, 0.2) is 0 Å². The number of carbonyl (C=O) groups is 1. The van der Waals surface area contributed by atoms with E-state index in [9.17, 15) is 4.79 Å². The summed E-state index contributed by atoms with van der Waals surface area (Å²) in [5, 5.41) is 7.55. The molecule has 2 atom stereocenters. The first-order valence-electron chi connectivity index (χ1n) is 9.42. The van der Waals surface area contributed by atoms with Gasteiger partial charge in [-0.15, -0.1) is 11.3 Å². The molecule has 1 aromatic rings. The molecule has 1 saturated carbocycles. The number of thiazole rings is 1. The van der Waals surface area contributed by atoms with Crippen molar-refractivity contribution in [2.24, 2.45) is 5.92 Å². The van der Waals surface area contributed by atoms with Crippen LogP contribution in [-0.2, 0) is 17.6 Å². The zero-order valence-corrected chi connectivity index (χ0v) is 15.3. The molecule has 0 radical (unpaired) electrons. The lowest BCUT2D eigenvalue weighted by Crippen LogP contribution is -2.41. The van der Waals surface area contributed by atoms with Gasteiger partial charge in [0.15, 0.2) is 0 Å². The molecule has 1 aromatic heterocycles. The van der Waals surface area contributed by atoms with Crippen LogP contribution in [0, 0.1) is 5.92 Å². The van der Waals surface area contributed by atoms with Gasteiger partial charge in [0.05, 0.1) is 17.7 Å². The Bertz CT molecular complexity index is 564. The predicted octanol–water partition coefficient (Wildman–Crippen LogP) is 1.88. The van der Waals surface area contributed by atoms with Gasteiger partial charge < -0.3 is 10.6 Å². The fraction of sp³-hybridized carbons (Fsp3) is 0.778. The van der Waals surface area contributed by atoms with Crippen molar-refractivity contribution in [1.82, 2.24) is 20.5 Å². The molecule has 0 spiro atoms. The van der Waals surface area contributed by atoms with Gasteiger partial charge in [0, 0.05) is 44.0 Å². The molecule has 132 valence electrons. The van der Waals surface area contributed by atoms with E-state index in [1.165, 1.54) is 47.9 Å². The van der Waals surface area contributed by atoms with Gasteiger partial charge in [-0.25, -0.2) is 4.98 Å². The van der Waals surface area contributed by atoms with Crippen molar-refractivity contribution < 1.29 is 4.79 Å². The molecule has 6 heteroatoms. The van der Waals surface area contributed by atoms with Crippen molar-refractivity contribution in [2.75, 3.05) is 26.7 Å². The second kappa shape index (κ2) is 7.10. The Balaban J connectivity index is 1.37. The largest absolute Gasteiger partial charge is 0.359 e. The molecule has 3 aliphatic rings. The van der Waals surface area contributed by atoms with Gasteiger partial charge in [-0.1, -0.05) is 6.42 Å². The topological polar surface area (TPSA) is 57.3 Å². The lowest BCUT2D eigenvalue weighted by molar-refractivity contribution is -0.125. The van der Waals surface area contributed by atoms with Gasteiger partial charge >= 0.3 is 0 Å². The van der Waals surface area contributed by atoms with Crippen LogP contribution in [0.25, 0.3) is 0 Å². The molecule has 1 aliphatic carbocycles. The normalized spacial score (nSPS) is 28.7. The van der Waals surface area contributed by atoms with Crippen molar-refractivity contribution >= 4 is 17.2 Å². The van der Waals surface area contributed by atoms with Gasteiger partial charge in [0.2, 0.25) is 5.91 Å². The number of nitrogens with one attached hydrogen (secondary N) is 2. The summed E-state index contributed by atoms with van der Waals surface area (Å²) in [6, 6.07) is 1.19. The standard InChI is InChI=1S/C18H28N4OS/c1-19-17(23)12-5-6-15(20-11-12)18-21-14-7-9-22(13-3-2-4-13)10-8-16(14)24-18/h12-13,15,20H,2-11H2,1H3,(H,19,23). The van der Waals surface area contributed by atoms with E-state index < -0.39 is 0 Å².